The van der Waals surface area contributed by atoms with Gasteiger partial charge in [0.1, 0.15) is 24.7 Å². The third-order valence-electron chi connectivity index (χ3n) is 3.79. The van der Waals surface area contributed by atoms with Crippen LogP contribution in [0.15, 0.2) is 36.4 Å². The zero-order valence-corrected chi connectivity index (χ0v) is 14.9. The Labute approximate surface area is 155 Å². The SMILES string of the molecule is COc1ccc(OC)c(NC(=O)COC(=O)c2ccc3c(c2)OCCO3)c1. The Bertz CT molecular complexity index is 850. The lowest BCUT2D eigenvalue weighted by Crippen LogP contribution is -2.21. The maximum atomic E-state index is 12.2. The molecule has 142 valence electrons. The Balaban J connectivity index is 1.60. The Hall–Kier alpha value is -3.42. The van der Waals surface area contributed by atoms with Crippen molar-refractivity contribution in [2.24, 2.45) is 0 Å². The smallest absolute Gasteiger partial charge is 0.338 e. The molecule has 0 spiro atoms. The Kier molecular flexibility index (Phi) is 5.65. The Morgan fingerprint density at radius 2 is 1.78 bits per heavy atom. The molecule has 8 nitrogen and oxygen atoms in total. The van der Waals surface area contributed by atoms with Crippen molar-refractivity contribution < 1.29 is 33.3 Å². The quantitative estimate of drug-likeness (QED) is 0.777. The number of carbonyl (C=O) groups is 2. The fraction of sp³-hybridized carbons (Fsp3) is 0.263. The molecule has 0 aliphatic carbocycles. The Morgan fingerprint density at radius 3 is 2.52 bits per heavy atom. The number of ether oxygens (including phenoxy) is 5. The summed E-state index contributed by atoms with van der Waals surface area (Å²) in [5, 5.41) is 2.63. The predicted molar refractivity (Wildman–Crippen MR) is 95.9 cm³/mol. The lowest BCUT2D eigenvalue weighted by molar-refractivity contribution is -0.119. The van der Waals surface area contributed by atoms with Gasteiger partial charge < -0.3 is 29.0 Å². The minimum atomic E-state index is -0.639. The van der Waals surface area contributed by atoms with Crippen molar-refractivity contribution in [2.45, 2.75) is 0 Å². The van der Waals surface area contributed by atoms with Gasteiger partial charge in [0.05, 0.1) is 25.5 Å². The number of esters is 1. The van der Waals surface area contributed by atoms with Crippen LogP contribution in [-0.4, -0.2) is 45.9 Å². The van der Waals surface area contributed by atoms with Crippen LogP contribution in [0, 0.1) is 0 Å². The number of anilines is 1. The van der Waals surface area contributed by atoms with Crippen molar-refractivity contribution in [3.63, 3.8) is 0 Å². The standard InChI is InChI=1S/C19H19NO7/c1-23-13-4-6-15(24-2)14(10-13)20-18(21)11-27-19(22)12-3-5-16-17(9-12)26-8-7-25-16/h3-6,9-10H,7-8,11H2,1-2H3,(H,20,21). The van der Waals surface area contributed by atoms with Crippen LogP contribution in [0.5, 0.6) is 23.0 Å². The van der Waals surface area contributed by atoms with E-state index >= 15 is 0 Å². The highest BCUT2D eigenvalue weighted by Crippen LogP contribution is 2.31. The van der Waals surface area contributed by atoms with Crippen LogP contribution >= 0.6 is 0 Å². The van der Waals surface area contributed by atoms with Crippen molar-refractivity contribution in [1.82, 2.24) is 0 Å². The number of rotatable bonds is 6. The van der Waals surface area contributed by atoms with Crippen LogP contribution in [0.2, 0.25) is 0 Å². The zero-order valence-electron chi connectivity index (χ0n) is 14.9. The molecule has 0 fully saturated rings. The van der Waals surface area contributed by atoms with Crippen molar-refractivity contribution in [2.75, 3.05) is 39.4 Å². The van der Waals surface area contributed by atoms with Gasteiger partial charge in [-0.3, -0.25) is 4.79 Å². The summed E-state index contributed by atoms with van der Waals surface area (Å²) in [6, 6.07) is 9.69. The van der Waals surface area contributed by atoms with Gasteiger partial charge in [-0.15, -0.1) is 0 Å². The lowest BCUT2D eigenvalue weighted by Gasteiger charge is -2.18. The van der Waals surface area contributed by atoms with Gasteiger partial charge in [-0.05, 0) is 30.3 Å². The number of fused-ring (bicyclic) bond motifs is 1. The minimum Gasteiger partial charge on any atom is -0.497 e. The monoisotopic (exact) mass is 373 g/mol. The first-order chi connectivity index (χ1) is 13.1. The maximum Gasteiger partial charge on any atom is 0.338 e. The van der Waals surface area contributed by atoms with Gasteiger partial charge in [-0.2, -0.15) is 0 Å². The summed E-state index contributed by atoms with van der Waals surface area (Å²) >= 11 is 0. The number of amides is 1. The van der Waals surface area contributed by atoms with E-state index in [1.807, 2.05) is 0 Å². The second kappa shape index (κ2) is 8.31. The van der Waals surface area contributed by atoms with Gasteiger partial charge in [-0.1, -0.05) is 0 Å². The van der Waals surface area contributed by atoms with Crippen molar-refractivity contribution in [1.29, 1.82) is 0 Å². The molecule has 0 radical (unpaired) electrons. The molecule has 1 amide bonds. The van der Waals surface area contributed by atoms with Crippen LogP contribution in [0.1, 0.15) is 10.4 Å². The molecule has 1 N–H and O–H groups in total. The Morgan fingerprint density at radius 1 is 1.00 bits per heavy atom. The van der Waals surface area contributed by atoms with Crippen LogP contribution < -0.4 is 24.3 Å². The molecule has 0 aromatic heterocycles. The molecule has 2 aromatic carbocycles. The second-order valence-electron chi connectivity index (χ2n) is 5.55. The summed E-state index contributed by atoms with van der Waals surface area (Å²) in [5.74, 6) is 0.913. The van der Waals surface area contributed by atoms with E-state index in [1.54, 1.807) is 30.3 Å². The molecular formula is C19H19NO7. The fourth-order valence-electron chi connectivity index (χ4n) is 2.48. The zero-order chi connectivity index (χ0) is 19.2. The second-order valence-corrected chi connectivity index (χ2v) is 5.55. The summed E-state index contributed by atoms with van der Waals surface area (Å²) in [7, 11) is 3.00. The highest BCUT2D eigenvalue weighted by molar-refractivity contribution is 5.96. The van der Waals surface area contributed by atoms with Crippen molar-refractivity contribution in [3.05, 3.63) is 42.0 Å². The topological polar surface area (TPSA) is 92.3 Å². The molecule has 1 aliphatic rings. The highest BCUT2D eigenvalue weighted by Gasteiger charge is 2.17. The largest absolute Gasteiger partial charge is 0.497 e. The van der Waals surface area contributed by atoms with Gasteiger partial charge >= 0.3 is 5.97 Å². The first kappa shape index (κ1) is 18.4. The van der Waals surface area contributed by atoms with Crippen molar-refractivity contribution >= 4 is 17.6 Å². The van der Waals surface area contributed by atoms with Crippen LogP contribution in [0.25, 0.3) is 0 Å². The van der Waals surface area contributed by atoms with Gasteiger partial charge in [0, 0.05) is 6.07 Å². The summed E-state index contributed by atoms with van der Waals surface area (Å²) < 4.78 is 26.2. The molecule has 0 saturated carbocycles. The lowest BCUT2D eigenvalue weighted by atomic mass is 10.2. The van der Waals surface area contributed by atoms with E-state index in [0.717, 1.165) is 0 Å². The maximum absolute atomic E-state index is 12.2. The van der Waals surface area contributed by atoms with E-state index in [0.29, 0.717) is 41.9 Å². The normalized spacial score (nSPS) is 12.1. The summed E-state index contributed by atoms with van der Waals surface area (Å²) in [4.78, 5) is 24.3. The van der Waals surface area contributed by atoms with E-state index in [1.165, 1.54) is 20.3 Å². The molecule has 27 heavy (non-hydrogen) atoms. The molecular weight excluding hydrogens is 354 g/mol. The number of methoxy groups -OCH3 is 2. The fourth-order valence-corrected chi connectivity index (χ4v) is 2.48. The van der Waals surface area contributed by atoms with E-state index in [9.17, 15) is 9.59 Å². The van der Waals surface area contributed by atoms with Gasteiger partial charge in [-0.25, -0.2) is 4.79 Å². The van der Waals surface area contributed by atoms with E-state index in [4.69, 9.17) is 23.7 Å². The predicted octanol–water partition coefficient (Wildman–Crippen LogP) is 2.27. The number of carbonyl (C=O) groups excluding carboxylic acids is 2. The van der Waals surface area contributed by atoms with E-state index < -0.39 is 18.5 Å². The van der Waals surface area contributed by atoms with Crippen LogP contribution in [0.3, 0.4) is 0 Å². The highest BCUT2D eigenvalue weighted by atomic mass is 16.6. The molecule has 8 heteroatoms. The van der Waals surface area contributed by atoms with Gasteiger partial charge in [0.25, 0.3) is 5.91 Å². The molecule has 2 aromatic rings. The van der Waals surface area contributed by atoms with Crippen LogP contribution in [-0.2, 0) is 9.53 Å². The summed E-state index contributed by atoms with van der Waals surface area (Å²) in [6.07, 6.45) is 0. The molecule has 1 heterocycles. The van der Waals surface area contributed by atoms with Crippen LogP contribution in [0.4, 0.5) is 5.69 Å². The molecule has 0 unspecified atom stereocenters. The first-order valence-electron chi connectivity index (χ1n) is 8.19. The molecule has 1 aliphatic heterocycles. The van der Waals surface area contributed by atoms with Gasteiger partial charge in [0.15, 0.2) is 18.1 Å². The molecule has 0 saturated heterocycles. The number of benzene rings is 2. The average molecular weight is 373 g/mol. The minimum absolute atomic E-state index is 0.269. The number of hydrogen-bond donors (Lipinski definition) is 1. The number of nitrogens with one attached hydrogen (secondary N) is 1. The van der Waals surface area contributed by atoms with Gasteiger partial charge in [0.2, 0.25) is 0 Å². The molecule has 0 bridgehead atoms. The third-order valence-corrected chi connectivity index (χ3v) is 3.79. The summed E-state index contributed by atoms with van der Waals surface area (Å²) in [5.41, 5.74) is 0.684. The number of hydrogen-bond acceptors (Lipinski definition) is 7. The van der Waals surface area contributed by atoms with E-state index in [-0.39, 0.29) is 5.56 Å². The third kappa shape index (κ3) is 4.41. The summed E-state index contributed by atoms with van der Waals surface area (Å²) in [6.45, 7) is 0.425. The molecule has 3 rings (SSSR count). The van der Waals surface area contributed by atoms with E-state index in [2.05, 4.69) is 5.32 Å². The average Bonchev–Trinajstić information content (AvgIpc) is 2.71. The first-order valence-corrected chi connectivity index (χ1v) is 8.19. The van der Waals surface area contributed by atoms with Crippen molar-refractivity contribution in [3.8, 4) is 23.0 Å². The molecule has 0 atom stereocenters.